The fraction of sp³-hybridized carbons (Fsp3) is 0.375. The van der Waals surface area contributed by atoms with Crippen molar-refractivity contribution in [2.24, 2.45) is 0 Å². The van der Waals surface area contributed by atoms with Crippen LogP contribution in [-0.2, 0) is 13.0 Å². The van der Waals surface area contributed by atoms with E-state index in [2.05, 4.69) is 16.3 Å². The summed E-state index contributed by atoms with van der Waals surface area (Å²) in [7, 11) is 1.65. The molecule has 1 aliphatic heterocycles. The number of hydrogen-bond donors (Lipinski definition) is 1. The molecule has 2 heterocycles. The monoisotopic (exact) mass is 325 g/mol. The Morgan fingerprint density at radius 1 is 1.29 bits per heavy atom. The van der Waals surface area contributed by atoms with Crippen LogP contribution in [0.1, 0.15) is 22.1 Å². The molecule has 1 aliphatic rings. The average molecular weight is 326 g/mol. The first kappa shape index (κ1) is 16.3. The van der Waals surface area contributed by atoms with Crippen LogP contribution in [0.5, 0.6) is 5.75 Å². The largest absolute Gasteiger partial charge is 0.497 e. The number of thiophene rings is 1. The van der Waals surface area contributed by atoms with E-state index in [4.69, 9.17) is 4.74 Å². The lowest BCUT2D eigenvalue weighted by atomic mass is 10.1. The van der Waals surface area contributed by atoms with Gasteiger partial charge in [0.1, 0.15) is 5.75 Å². The molecule has 0 saturated heterocycles. The van der Waals surface area contributed by atoms with Crippen molar-refractivity contribution in [3.63, 3.8) is 0 Å². The Labute approximate surface area is 135 Å². The molecule has 1 aromatic carbocycles. The zero-order valence-corrected chi connectivity index (χ0v) is 13.6. The quantitative estimate of drug-likeness (QED) is 0.936. The molecule has 5 heteroatoms. The van der Waals surface area contributed by atoms with E-state index in [0.29, 0.717) is 6.54 Å². The number of halogens is 1. The number of methoxy groups -OCH3 is 1. The van der Waals surface area contributed by atoms with E-state index in [1.165, 1.54) is 10.4 Å². The summed E-state index contributed by atoms with van der Waals surface area (Å²) in [6.45, 7) is 2.66. The molecule has 1 aromatic heterocycles. The Kier molecular flexibility index (Phi) is 5.65. The maximum atomic E-state index is 10.4. The van der Waals surface area contributed by atoms with E-state index in [0.717, 1.165) is 30.8 Å². The van der Waals surface area contributed by atoms with Crippen molar-refractivity contribution in [3.05, 3.63) is 51.7 Å². The molecule has 2 aromatic rings. The van der Waals surface area contributed by atoms with Gasteiger partial charge in [-0.3, -0.25) is 4.90 Å². The van der Waals surface area contributed by atoms with Gasteiger partial charge in [0.2, 0.25) is 0 Å². The van der Waals surface area contributed by atoms with Crippen molar-refractivity contribution >= 4 is 23.7 Å². The van der Waals surface area contributed by atoms with Gasteiger partial charge in [0.25, 0.3) is 0 Å². The number of fused-ring (bicyclic) bond motifs is 1. The molecular weight excluding hydrogens is 306 g/mol. The highest BCUT2D eigenvalue weighted by Gasteiger charge is 2.20. The van der Waals surface area contributed by atoms with Gasteiger partial charge in [0.05, 0.1) is 13.2 Å². The highest BCUT2D eigenvalue weighted by Crippen LogP contribution is 2.26. The van der Waals surface area contributed by atoms with Crippen LogP contribution in [-0.4, -0.2) is 30.2 Å². The van der Waals surface area contributed by atoms with Crippen LogP contribution in [0.2, 0.25) is 0 Å². The van der Waals surface area contributed by atoms with Gasteiger partial charge in [-0.05, 0) is 41.1 Å². The van der Waals surface area contributed by atoms with E-state index < -0.39 is 6.10 Å². The zero-order chi connectivity index (χ0) is 13.9. The van der Waals surface area contributed by atoms with Gasteiger partial charge in [-0.25, -0.2) is 0 Å². The second-order valence-corrected chi connectivity index (χ2v) is 6.14. The van der Waals surface area contributed by atoms with E-state index in [1.807, 2.05) is 35.6 Å². The number of aliphatic hydroxyl groups excluding tert-OH is 1. The normalized spacial score (nSPS) is 15.9. The first-order valence-corrected chi connectivity index (χ1v) is 7.74. The zero-order valence-electron chi connectivity index (χ0n) is 12.0. The standard InChI is InChI=1S/C16H19NO2S.ClH/c1-19-14-4-2-12(3-5-14)15(18)11-17-8-6-16-13(10-17)7-9-20-16;/h2-5,7,9,15,18H,6,8,10-11H2,1H3;1H. The average Bonchev–Trinajstić information content (AvgIpc) is 2.95. The molecule has 1 atom stereocenters. The van der Waals surface area contributed by atoms with Crippen LogP contribution in [0.25, 0.3) is 0 Å². The molecule has 0 radical (unpaired) electrons. The van der Waals surface area contributed by atoms with Crippen molar-refractivity contribution < 1.29 is 9.84 Å². The number of benzene rings is 1. The Hall–Kier alpha value is -1.07. The summed E-state index contributed by atoms with van der Waals surface area (Å²) in [4.78, 5) is 3.82. The van der Waals surface area contributed by atoms with Crippen molar-refractivity contribution in [2.45, 2.75) is 19.1 Å². The van der Waals surface area contributed by atoms with Gasteiger partial charge in [-0.15, -0.1) is 23.7 Å². The molecule has 0 spiro atoms. The summed E-state index contributed by atoms with van der Waals surface area (Å²) in [5.41, 5.74) is 2.37. The lowest BCUT2D eigenvalue weighted by Crippen LogP contribution is -2.33. The molecule has 0 saturated carbocycles. The SMILES string of the molecule is COc1ccc(C(O)CN2CCc3sccc3C2)cc1.Cl. The summed E-state index contributed by atoms with van der Waals surface area (Å²) in [6, 6.07) is 9.86. The fourth-order valence-corrected chi connectivity index (χ4v) is 3.53. The highest BCUT2D eigenvalue weighted by molar-refractivity contribution is 7.10. The summed E-state index contributed by atoms with van der Waals surface area (Å²) >= 11 is 1.84. The van der Waals surface area contributed by atoms with E-state index >= 15 is 0 Å². The molecule has 0 fully saturated rings. The van der Waals surface area contributed by atoms with Crippen LogP contribution in [0.4, 0.5) is 0 Å². The number of hydrogen-bond acceptors (Lipinski definition) is 4. The van der Waals surface area contributed by atoms with Crippen LogP contribution >= 0.6 is 23.7 Å². The van der Waals surface area contributed by atoms with Crippen molar-refractivity contribution in [3.8, 4) is 5.75 Å². The van der Waals surface area contributed by atoms with Crippen molar-refractivity contribution in [1.82, 2.24) is 4.90 Å². The lowest BCUT2D eigenvalue weighted by molar-refractivity contribution is 0.106. The highest BCUT2D eigenvalue weighted by atomic mass is 35.5. The first-order valence-electron chi connectivity index (χ1n) is 6.86. The van der Waals surface area contributed by atoms with Crippen LogP contribution < -0.4 is 4.74 Å². The Morgan fingerprint density at radius 2 is 2.05 bits per heavy atom. The Morgan fingerprint density at radius 3 is 2.76 bits per heavy atom. The number of aliphatic hydroxyl groups is 1. The molecule has 0 bridgehead atoms. The third kappa shape index (κ3) is 3.77. The van der Waals surface area contributed by atoms with Gasteiger partial charge in [0, 0.05) is 24.5 Å². The molecule has 114 valence electrons. The predicted molar refractivity (Wildman–Crippen MR) is 88.5 cm³/mol. The van der Waals surface area contributed by atoms with Gasteiger partial charge in [-0.1, -0.05) is 12.1 Å². The van der Waals surface area contributed by atoms with Gasteiger partial charge >= 0.3 is 0 Å². The van der Waals surface area contributed by atoms with E-state index in [1.54, 1.807) is 7.11 Å². The van der Waals surface area contributed by atoms with Crippen LogP contribution in [0.15, 0.2) is 35.7 Å². The van der Waals surface area contributed by atoms with E-state index in [-0.39, 0.29) is 12.4 Å². The number of ether oxygens (including phenoxy) is 1. The van der Waals surface area contributed by atoms with Gasteiger partial charge in [0.15, 0.2) is 0 Å². The molecule has 1 unspecified atom stereocenters. The summed E-state index contributed by atoms with van der Waals surface area (Å²) in [5.74, 6) is 0.821. The molecule has 3 nitrogen and oxygen atoms in total. The molecular formula is C16H20ClNO2S. The molecule has 3 rings (SSSR count). The van der Waals surface area contributed by atoms with Gasteiger partial charge in [-0.2, -0.15) is 0 Å². The minimum absolute atomic E-state index is 0. The smallest absolute Gasteiger partial charge is 0.118 e. The van der Waals surface area contributed by atoms with Crippen LogP contribution in [0.3, 0.4) is 0 Å². The molecule has 21 heavy (non-hydrogen) atoms. The van der Waals surface area contributed by atoms with Gasteiger partial charge < -0.3 is 9.84 Å². The summed E-state index contributed by atoms with van der Waals surface area (Å²) in [6.07, 6.45) is 0.656. The fourth-order valence-electron chi connectivity index (χ4n) is 2.64. The molecule has 0 amide bonds. The predicted octanol–water partition coefficient (Wildman–Crippen LogP) is 3.27. The number of rotatable bonds is 4. The van der Waals surface area contributed by atoms with Crippen molar-refractivity contribution in [1.29, 1.82) is 0 Å². The summed E-state index contributed by atoms with van der Waals surface area (Å²) < 4.78 is 5.14. The minimum atomic E-state index is -0.443. The van der Waals surface area contributed by atoms with Crippen molar-refractivity contribution in [2.75, 3.05) is 20.2 Å². The third-order valence-corrected chi connectivity index (χ3v) is 4.84. The molecule has 0 aliphatic carbocycles. The lowest BCUT2D eigenvalue weighted by Gasteiger charge is -2.28. The Bertz CT molecular complexity index is 570. The number of nitrogens with zero attached hydrogens (tertiary/aromatic N) is 1. The first-order chi connectivity index (χ1) is 9.76. The topological polar surface area (TPSA) is 32.7 Å². The second kappa shape index (κ2) is 7.27. The number of β-amino-alcohol motifs (C(OH)–C–C–N with tert-alkyl or cyclic N) is 1. The maximum Gasteiger partial charge on any atom is 0.118 e. The molecule has 1 N–H and O–H groups in total. The van der Waals surface area contributed by atoms with E-state index in [9.17, 15) is 5.11 Å². The summed E-state index contributed by atoms with van der Waals surface area (Å²) in [5, 5.41) is 12.5. The maximum absolute atomic E-state index is 10.4. The second-order valence-electron chi connectivity index (χ2n) is 5.14. The Balaban J connectivity index is 0.00000161. The van der Waals surface area contributed by atoms with Crippen LogP contribution in [0, 0.1) is 0 Å². The third-order valence-electron chi connectivity index (χ3n) is 3.82. The minimum Gasteiger partial charge on any atom is -0.497 e.